The van der Waals surface area contributed by atoms with Gasteiger partial charge in [0.1, 0.15) is 23.9 Å². The van der Waals surface area contributed by atoms with Crippen molar-refractivity contribution in [1.29, 1.82) is 0 Å². The van der Waals surface area contributed by atoms with Crippen molar-refractivity contribution in [3.05, 3.63) is 78.4 Å². The van der Waals surface area contributed by atoms with Crippen molar-refractivity contribution in [3.63, 3.8) is 0 Å². The van der Waals surface area contributed by atoms with E-state index in [4.69, 9.17) is 4.74 Å². The molecule has 0 spiro atoms. The third-order valence-corrected chi connectivity index (χ3v) is 3.33. The topological polar surface area (TPSA) is 56.2 Å². The fourth-order valence-corrected chi connectivity index (χ4v) is 2.11. The Morgan fingerprint density at radius 3 is 2.38 bits per heavy atom. The van der Waals surface area contributed by atoms with Gasteiger partial charge in [0.15, 0.2) is 0 Å². The summed E-state index contributed by atoms with van der Waals surface area (Å²) in [4.78, 5) is 11.8. The van der Waals surface area contributed by atoms with E-state index in [9.17, 15) is 9.18 Å². The van der Waals surface area contributed by atoms with E-state index < -0.39 is 0 Å². The zero-order valence-corrected chi connectivity index (χ0v) is 12.9. The van der Waals surface area contributed by atoms with Gasteiger partial charge < -0.3 is 10.1 Å². The Balaban J connectivity index is 1.50. The Morgan fingerprint density at radius 1 is 1.08 bits per heavy atom. The predicted molar refractivity (Wildman–Crippen MR) is 87.0 cm³/mol. The van der Waals surface area contributed by atoms with Gasteiger partial charge in [0.05, 0.1) is 0 Å². The molecule has 0 radical (unpaired) electrons. The van der Waals surface area contributed by atoms with Crippen molar-refractivity contribution >= 4 is 5.91 Å². The highest BCUT2D eigenvalue weighted by molar-refractivity contribution is 5.75. The molecule has 0 saturated heterocycles. The summed E-state index contributed by atoms with van der Waals surface area (Å²) in [5.74, 6) is 0.804. The highest BCUT2D eigenvalue weighted by Gasteiger charge is 2.03. The molecule has 122 valence electrons. The Bertz CT molecular complexity index is 784. The van der Waals surface area contributed by atoms with Crippen LogP contribution in [0.3, 0.4) is 0 Å². The number of hydrogen-bond acceptors (Lipinski definition) is 3. The van der Waals surface area contributed by atoms with Crippen molar-refractivity contribution in [2.45, 2.75) is 13.1 Å². The summed E-state index contributed by atoms with van der Waals surface area (Å²) in [7, 11) is 0. The number of carbonyl (C=O) groups is 1. The lowest BCUT2D eigenvalue weighted by atomic mass is 10.2. The summed E-state index contributed by atoms with van der Waals surface area (Å²) >= 11 is 0. The maximum absolute atomic E-state index is 12.9. The zero-order valence-electron chi connectivity index (χ0n) is 12.9. The van der Waals surface area contributed by atoms with Crippen LogP contribution in [0.4, 0.5) is 4.39 Å². The fraction of sp³-hybridized carbons (Fsp3) is 0.111. The van der Waals surface area contributed by atoms with Crippen LogP contribution in [0.5, 0.6) is 11.5 Å². The van der Waals surface area contributed by atoms with Crippen LogP contribution in [0.1, 0.15) is 5.56 Å². The lowest BCUT2D eigenvalue weighted by molar-refractivity contribution is -0.122. The minimum Gasteiger partial charge on any atom is -0.457 e. The molecular formula is C18H16FN3O2. The molecule has 6 heteroatoms. The molecule has 1 N–H and O–H groups in total. The molecule has 24 heavy (non-hydrogen) atoms. The van der Waals surface area contributed by atoms with Crippen LogP contribution >= 0.6 is 0 Å². The van der Waals surface area contributed by atoms with Crippen molar-refractivity contribution in [3.8, 4) is 11.5 Å². The van der Waals surface area contributed by atoms with Gasteiger partial charge in [-0.2, -0.15) is 5.10 Å². The molecule has 0 unspecified atom stereocenters. The Hall–Kier alpha value is -3.15. The molecule has 0 fully saturated rings. The van der Waals surface area contributed by atoms with Crippen LogP contribution in [0.2, 0.25) is 0 Å². The third-order valence-electron chi connectivity index (χ3n) is 3.33. The van der Waals surface area contributed by atoms with E-state index in [1.54, 1.807) is 47.4 Å². The number of hydrogen-bond donors (Lipinski definition) is 1. The summed E-state index contributed by atoms with van der Waals surface area (Å²) in [6.07, 6.45) is 3.37. The van der Waals surface area contributed by atoms with E-state index in [1.807, 2.05) is 12.1 Å². The molecule has 0 aliphatic carbocycles. The van der Waals surface area contributed by atoms with Crippen molar-refractivity contribution < 1.29 is 13.9 Å². The molecule has 2 aromatic carbocycles. The number of aromatic nitrogens is 2. The maximum Gasteiger partial charge on any atom is 0.241 e. The largest absolute Gasteiger partial charge is 0.457 e. The van der Waals surface area contributed by atoms with Crippen LogP contribution < -0.4 is 10.1 Å². The van der Waals surface area contributed by atoms with Gasteiger partial charge in [0, 0.05) is 18.9 Å². The minimum absolute atomic E-state index is 0.106. The first-order chi connectivity index (χ1) is 11.7. The van der Waals surface area contributed by atoms with Crippen LogP contribution in [-0.4, -0.2) is 15.7 Å². The Morgan fingerprint density at radius 2 is 1.75 bits per heavy atom. The molecule has 0 aliphatic rings. The number of halogens is 1. The second kappa shape index (κ2) is 7.41. The first-order valence-electron chi connectivity index (χ1n) is 7.45. The van der Waals surface area contributed by atoms with E-state index in [2.05, 4.69) is 10.4 Å². The highest BCUT2D eigenvalue weighted by Crippen LogP contribution is 2.21. The van der Waals surface area contributed by atoms with E-state index in [-0.39, 0.29) is 18.3 Å². The molecule has 1 amide bonds. The number of benzene rings is 2. The quantitative estimate of drug-likeness (QED) is 0.757. The normalized spacial score (nSPS) is 10.4. The first kappa shape index (κ1) is 15.7. The van der Waals surface area contributed by atoms with Crippen LogP contribution in [-0.2, 0) is 17.9 Å². The van der Waals surface area contributed by atoms with Crippen LogP contribution in [0.25, 0.3) is 0 Å². The van der Waals surface area contributed by atoms with Crippen molar-refractivity contribution in [1.82, 2.24) is 15.1 Å². The number of carbonyl (C=O) groups excluding carboxylic acids is 1. The summed E-state index contributed by atoms with van der Waals surface area (Å²) in [6.45, 7) is 0.621. The number of ether oxygens (including phenoxy) is 1. The van der Waals surface area contributed by atoms with Gasteiger partial charge in [-0.1, -0.05) is 12.1 Å². The van der Waals surface area contributed by atoms with Gasteiger partial charge in [0.2, 0.25) is 5.91 Å². The second-order valence-electron chi connectivity index (χ2n) is 5.18. The summed E-state index contributed by atoms with van der Waals surface area (Å²) in [6, 6.07) is 14.9. The third kappa shape index (κ3) is 4.42. The van der Waals surface area contributed by atoms with Gasteiger partial charge in [0.25, 0.3) is 0 Å². The van der Waals surface area contributed by atoms with Crippen molar-refractivity contribution in [2.75, 3.05) is 0 Å². The summed E-state index contributed by atoms with van der Waals surface area (Å²) < 4.78 is 20.0. The Labute approximate surface area is 138 Å². The molecule has 0 atom stereocenters. The average Bonchev–Trinajstić information content (AvgIpc) is 3.09. The molecule has 0 saturated carbocycles. The number of nitrogens with zero attached hydrogens (tertiary/aromatic N) is 2. The SMILES string of the molecule is O=C(Cn1cccn1)NCc1ccc(Oc2ccc(F)cc2)cc1. The van der Waals surface area contributed by atoms with Crippen LogP contribution in [0, 0.1) is 5.82 Å². The van der Waals surface area contributed by atoms with Gasteiger partial charge in [-0.15, -0.1) is 0 Å². The predicted octanol–water partition coefficient (Wildman–Crippen LogP) is 3.13. The summed E-state index contributed by atoms with van der Waals surface area (Å²) in [5, 5.41) is 6.81. The van der Waals surface area contributed by atoms with Gasteiger partial charge in [-0.25, -0.2) is 4.39 Å². The molecule has 0 aliphatic heterocycles. The van der Waals surface area contributed by atoms with Gasteiger partial charge >= 0.3 is 0 Å². The van der Waals surface area contributed by atoms with Gasteiger partial charge in [-0.3, -0.25) is 9.48 Å². The number of nitrogens with one attached hydrogen (secondary N) is 1. The number of amides is 1. The second-order valence-corrected chi connectivity index (χ2v) is 5.18. The molecule has 5 nitrogen and oxygen atoms in total. The smallest absolute Gasteiger partial charge is 0.241 e. The van der Waals surface area contributed by atoms with E-state index in [0.29, 0.717) is 18.0 Å². The van der Waals surface area contributed by atoms with E-state index in [0.717, 1.165) is 5.56 Å². The fourth-order valence-electron chi connectivity index (χ4n) is 2.11. The van der Waals surface area contributed by atoms with E-state index in [1.165, 1.54) is 12.1 Å². The van der Waals surface area contributed by atoms with Gasteiger partial charge in [-0.05, 0) is 48.0 Å². The summed E-state index contributed by atoms with van der Waals surface area (Å²) in [5.41, 5.74) is 0.954. The average molecular weight is 325 g/mol. The number of rotatable bonds is 6. The van der Waals surface area contributed by atoms with Crippen LogP contribution in [0.15, 0.2) is 67.0 Å². The molecule has 1 heterocycles. The zero-order chi connectivity index (χ0) is 16.8. The molecule has 3 rings (SSSR count). The van der Waals surface area contributed by atoms with E-state index >= 15 is 0 Å². The minimum atomic E-state index is -0.302. The maximum atomic E-state index is 12.9. The molecule has 3 aromatic rings. The highest BCUT2D eigenvalue weighted by atomic mass is 19.1. The van der Waals surface area contributed by atoms with Crippen molar-refractivity contribution in [2.24, 2.45) is 0 Å². The Kier molecular flexibility index (Phi) is 4.86. The monoisotopic (exact) mass is 325 g/mol. The first-order valence-corrected chi connectivity index (χ1v) is 7.45. The molecular weight excluding hydrogens is 309 g/mol. The molecule has 0 bridgehead atoms. The lowest BCUT2D eigenvalue weighted by Gasteiger charge is -2.08. The molecule has 1 aromatic heterocycles. The standard InChI is InChI=1S/C18H16FN3O2/c19-15-4-8-17(9-5-15)24-16-6-2-14(3-7-16)12-20-18(23)13-22-11-1-10-21-22/h1-11H,12-13H2,(H,20,23). The lowest BCUT2D eigenvalue weighted by Crippen LogP contribution is -2.27.